The number of imidazole rings is 1. The Balaban J connectivity index is 1.47. The van der Waals surface area contributed by atoms with Crippen LogP contribution in [0, 0.1) is 0 Å². The van der Waals surface area contributed by atoms with Crippen molar-refractivity contribution < 1.29 is 32.9 Å². The van der Waals surface area contributed by atoms with E-state index in [1.165, 1.54) is 12.1 Å². The van der Waals surface area contributed by atoms with Gasteiger partial charge >= 0.3 is 6.18 Å². The lowest BCUT2D eigenvalue weighted by Crippen LogP contribution is -2.54. The average molecular weight is 588 g/mol. The van der Waals surface area contributed by atoms with Crippen LogP contribution in [0.4, 0.5) is 13.2 Å². The Morgan fingerprint density at radius 3 is 2.71 bits per heavy atom. The van der Waals surface area contributed by atoms with Crippen molar-refractivity contribution in [2.75, 3.05) is 33.4 Å². The number of rotatable bonds is 8. The smallest absolute Gasteiger partial charge is 0.387 e. The SMILES string of the molecule is COC[C@]1(O)CCCC[C@H]1n1cnc(C(=O)N2CCNC[C@H]2CC(O)c2cccc(C(F)(F)F)n2)c1-c1ccccc1. The Kier molecular flexibility index (Phi) is 8.97. The number of carbonyl (C=O) groups is 1. The predicted octanol–water partition coefficient (Wildman–Crippen LogP) is 3.99. The maximum Gasteiger partial charge on any atom is 0.433 e. The van der Waals surface area contributed by atoms with Gasteiger partial charge in [0.25, 0.3) is 5.91 Å². The largest absolute Gasteiger partial charge is 0.433 e. The van der Waals surface area contributed by atoms with Gasteiger partial charge in [0.05, 0.1) is 36.5 Å². The lowest BCUT2D eigenvalue weighted by atomic mass is 9.80. The number of aliphatic hydroxyl groups excluding tert-OH is 1. The molecule has 0 spiro atoms. The first-order valence-electron chi connectivity index (χ1n) is 14.2. The van der Waals surface area contributed by atoms with Crippen molar-refractivity contribution in [1.82, 2.24) is 24.8 Å². The summed E-state index contributed by atoms with van der Waals surface area (Å²) in [6, 6.07) is 11.9. The zero-order chi connectivity index (χ0) is 29.9. The van der Waals surface area contributed by atoms with Crippen LogP contribution in [0.2, 0.25) is 0 Å². The maximum atomic E-state index is 14.2. The number of benzene rings is 1. The van der Waals surface area contributed by atoms with Crippen LogP contribution in [0.25, 0.3) is 11.3 Å². The van der Waals surface area contributed by atoms with Gasteiger partial charge in [0.1, 0.15) is 11.3 Å². The highest BCUT2D eigenvalue weighted by atomic mass is 19.4. The second-order valence-electron chi connectivity index (χ2n) is 11.1. The standard InChI is InChI=1S/C30H36F3N5O4/c1-42-18-29(41)13-6-5-12-25(29)38-19-35-26(27(38)20-8-3-2-4-9-20)28(40)37-15-14-34-17-21(37)16-23(39)22-10-7-11-24(36-22)30(31,32)33/h2-4,7-11,19,21,23,25,34,39,41H,5-6,12-18H2,1H3/t21-,23?,25-,29-/m1/s1. The number of piperazine rings is 1. The van der Waals surface area contributed by atoms with Crippen LogP contribution in [-0.4, -0.2) is 80.5 Å². The molecule has 5 rings (SSSR count). The lowest BCUT2D eigenvalue weighted by Gasteiger charge is -2.41. The van der Waals surface area contributed by atoms with Gasteiger partial charge in [0, 0.05) is 44.8 Å². The van der Waals surface area contributed by atoms with E-state index in [0.29, 0.717) is 38.2 Å². The second-order valence-corrected chi connectivity index (χ2v) is 11.1. The third kappa shape index (κ3) is 6.22. The van der Waals surface area contributed by atoms with E-state index in [1.54, 1.807) is 18.3 Å². The van der Waals surface area contributed by atoms with Crippen molar-refractivity contribution in [3.05, 3.63) is 71.9 Å². The molecule has 1 amide bonds. The Morgan fingerprint density at radius 1 is 1.19 bits per heavy atom. The number of halogens is 3. The minimum atomic E-state index is -4.63. The molecule has 1 saturated heterocycles. The van der Waals surface area contributed by atoms with Crippen molar-refractivity contribution in [2.24, 2.45) is 0 Å². The minimum Gasteiger partial charge on any atom is -0.387 e. The monoisotopic (exact) mass is 587 g/mol. The Hall–Kier alpha value is -3.32. The number of amides is 1. The van der Waals surface area contributed by atoms with E-state index < -0.39 is 29.6 Å². The van der Waals surface area contributed by atoms with Crippen LogP contribution in [0.1, 0.15) is 66.1 Å². The fraction of sp³-hybridized carbons (Fsp3) is 0.500. The van der Waals surface area contributed by atoms with Gasteiger partial charge in [0.2, 0.25) is 0 Å². The summed E-state index contributed by atoms with van der Waals surface area (Å²) in [6.07, 6.45) is -1.33. The average Bonchev–Trinajstić information content (AvgIpc) is 3.42. The van der Waals surface area contributed by atoms with E-state index >= 15 is 0 Å². The number of ether oxygens (including phenoxy) is 1. The maximum absolute atomic E-state index is 14.2. The number of methoxy groups -OCH3 is 1. The minimum absolute atomic E-state index is 0.00928. The molecule has 0 bridgehead atoms. The summed E-state index contributed by atoms with van der Waals surface area (Å²) in [5, 5.41) is 25.7. The number of carbonyl (C=O) groups excluding carboxylic acids is 1. The second kappa shape index (κ2) is 12.5. The topological polar surface area (TPSA) is 113 Å². The molecule has 3 aromatic rings. The van der Waals surface area contributed by atoms with Crippen LogP contribution in [0.5, 0.6) is 0 Å². The van der Waals surface area contributed by atoms with Gasteiger partial charge in [-0.05, 0) is 25.0 Å². The van der Waals surface area contributed by atoms with Gasteiger partial charge in [-0.2, -0.15) is 13.2 Å². The molecule has 1 saturated carbocycles. The zero-order valence-corrected chi connectivity index (χ0v) is 23.4. The summed E-state index contributed by atoms with van der Waals surface area (Å²) in [6.45, 7) is 1.33. The van der Waals surface area contributed by atoms with Crippen molar-refractivity contribution in [1.29, 1.82) is 0 Å². The molecule has 1 aliphatic heterocycles. The third-order valence-electron chi connectivity index (χ3n) is 8.24. The number of pyridine rings is 1. The van der Waals surface area contributed by atoms with E-state index in [-0.39, 0.29) is 36.4 Å². The van der Waals surface area contributed by atoms with Crippen molar-refractivity contribution in [2.45, 2.75) is 62.1 Å². The van der Waals surface area contributed by atoms with Crippen LogP contribution in [-0.2, 0) is 10.9 Å². The highest BCUT2D eigenvalue weighted by molar-refractivity contribution is 5.98. The fourth-order valence-electron chi connectivity index (χ4n) is 6.20. The molecular formula is C30H36F3N5O4. The molecule has 3 N–H and O–H groups in total. The van der Waals surface area contributed by atoms with Gasteiger partial charge in [0.15, 0.2) is 5.69 Å². The molecule has 42 heavy (non-hydrogen) atoms. The molecule has 1 unspecified atom stereocenters. The number of aromatic nitrogens is 3. The highest BCUT2D eigenvalue weighted by Gasteiger charge is 2.42. The molecule has 2 aromatic heterocycles. The van der Waals surface area contributed by atoms with Gasteiger partial charge in [-0.15, -0.1) is 0 Å². The first kappa shape index (κ1) is 30.1. The first-order chi connectivity index (χ1) is 20.1. The number of nitrogens with one attached hydrogen (secondary N) is 1. The fourth-order valence-corrected chi connectivity index (χ4v) is 6.20. The summed E-state index contributed by atoms with van der Waals surface area (Å²) in [5.41, 5.74) is -0.750. The summed E-state index contributed by atoms with van der Waals surface area (Å²) >= 11 is 0. The molecule has 9 nitrogen and oxygen atoms in total. The molecule has 1 aliphatic carbocycles. The molecule has 3 heterocycles. The molecule has 4 atom stereocenters. The van der Waals surface area contributed by atoms with Gasteiger partial charge < -0.3 is 29.7 Å². The van der Waals surface area contributed by atoms with Crippen LogP contribution in [0.15, 0.2) is 54.9 Å². The normalized spacial score (nSPS) is 24.0. The van der Waals surface area contributed by atoms with Crippen molar-refractivity contribution in [3.8, 4) is 11.3 Å². The Bertz CT molecular complexity index is 1360. The van der Waals surface area contributed by atoms with E-state index in [0.717, 1.165) is 24.5 Å². The van der Waals surface area contributed by atoms with E-state index in [1.807, 2.05) is 34.9 Å². The van der Waals surface area contributed by atoms with Gasteiger partial charge in [-0.25, -0.2) is 9.97 Å². The molecular weight excluding hydrogens is 551 g/mol. The number of alkyl halides is 3. The molecule has 1 aromatic carbocycles. The molecule has 226 valence electrons. The molecule has 12 heteroatoms. The molecule has 2 fully saturated rings. The third-order valence-corrected chi connectivity index (χ3v) is 8.24. The Morgan fingerprint density at radius 2 is 1.98 bits per heavy atom. The van der Waals surface area contributed by atoms with E-state index in [2.05, 4.69) is 15.3 Å². The lowest BCUT2D eigenvalue weighted by molar-refractivity contribution is -0.141. The number of nitrogens with zero attached hydrogens (tertiary/aromatic N) is 4. The zero-order valence-electron chi connectivity index (χ0n) is 23.4. The summed E-state index contributed by atoms with van der Waals surface area (Å²) in [7, 11) is 1.55. The van der Waals surface area contributed by atoms with Gasteiger partial charge in [-0.3, -0.25) is 4.79 Å². The summed E-state index contributed by atoms with van der Waals surface area (Å²) in [4.78, 5) is 24.0. The first-order valence-corrected chi connectivity index (χ1v) is 14.2. The number of aliphatic hydroxyl groups is 2. The predicted molar refractivity (Wildman–Crippen MR) is 149 cm³/mol. The summed E-state index contributed by atoms with van der Waals surface area (Å²) in [5.74, 6) is -0.352. The molecule has 0 radical (unpaired) electrons. The number of hydrogen-bond acceptors (Lipinski definition) is 7. The van der Waals surface area contributed by atoms with Crippen molar-refractivity contribution in [3.63, 3.8) is 0 Å². The van der Waals surface area contributed by atoms with Crippen LogP contribution >= 0.6 is 0 Å². The van der Waals surface area contributed by atoms with Crippen molar-refractivity contribution >= 4 is 5.91 Å². The number of hydrogen-bond donors (Lipinski definition) is 3. The quantitative estimate of drug-likeness (QED) is 0.365. The molecule has 2 aliphatic rings. The van der Waals surface area contributed by atoms with E-state index in [9.17, 15) is 28.2 Å². The Labute approximate surface area is 242 Å². The van der Waals surface area contributed by atoms with E-state index in [4.69, 9.17) is 4.74 Å². The van der Waals surface area contributed by atoms with Crippen LogP contribution in [0.3, 0.4) is 0 Å². The van der Waals surface area contributed by atoms with Gasteiger partial charge in [-0.1, -0.05) is 49.2 Å². The van der Waals surface area contributed by atoms with Crippen LogP contribution < -0.4 is 5.32 Å². The highest BCUT2D eigenvalue weighted by Crippen LogP contribution is 2.41. The summed E-state index contributed by atoms with van der Waals surface area (Å²) < 4.78 is 46.9.